The number of hydrogen-bond acceptors (Lipinski definition) is 9. The third kappa shape index (κ3) is 3.87. The highest BCUT2D eigenvalue weighted by Gasteiger charge is 2.44. The van der Waals surface area contributed by atoms with E-state index in [1.165, 1.54) is 45.0 Å². The van der Waals surface area contributed by atoms with Crippen LogP contribution in [0.2, 0.25) is 0 Å². The smallest absolute Gasteiger partial charge is 0.308 e. The van der Waals surface area contributed by atoms with Gasteiger partial charge in [0.1, 0.15) is 11.5 Å². The standard InChI is InChI=1S/C22H18O9/c1-10(23)28-13-4-5-15-18(8-13)31-21-14-6-7-17(29-11(2)24)20(30-12(3)25)16(14)9-27-22(21)19(15)26/h4-8,21-22H,9H2,1-3H3. The third-order valence-electron chi connectivity index (χ3n) is 4.74. The highest BCUT2D eigenvalue weighted by molar-refractivity contribution is 6.03. The first-order valence-electron chi connectivity index (χ1n) is 9.42. The average Bonchev–Trinajstić information content (AvgIpc) is 2.68. The first-order valence-corrected chi connectivity index (χ1v) is 9.42. The molecule has 31 heavy (non-hydrogen) atoms. The Morgan fingerprint density at radius 2 is 1.61 bits per heavy atom. The van der Waals surface area contributed by atoms with Gasteiger partial charge in [-0.3, -0.25) is 19.2 Å². The zero-order valence-corrected chi connectivity index (χ0v) is 16.9. The second-order valence-corrected chi connectivity index (χ2v) is 7.03. The van der Waals surface area contributed by atoms with Gasteiger partial charge in [0.25, 0.3) is 0 Å². The summed E-state index contributed by atoms with van der Waals surface area (Å²) in [7, 11) is 0. The van der Waals surface area contributed by atoms with Crippen LogP contribution < -0.4 is 18.9 Å². The van der Waals surface area contributed by atoms with Gasteiger partial charge in [-0.2, -0.15) is 0 Å². The number of ketones is 1. The number of rotatable bonds is 3. The van der Waals surface area contributed by atoms with E-state index in [0.29, 0.717) is 16.7 Å². The molecule has 4 rings (SSSR count). The van der Waals surface area contributed by atoms with E-state index in [9.17, 15) is 19.2 Å². The van der Waals surface area contributed by atoms with E-state index in [4.69, 9.17) is 23.7 Å². The number of esters is 3. The van der Waals surface area contributed by atoms with Crippen molar-refractivity contribution in [2.45, 2.75) is 39.6 Å². The summed E-state index contributed by atoms with van der Waals surface area (Å²) < 4.78 is 27.3. The van der Waals surface area contributed by atoms with Crippen molar-refractivity contribution >= 4 is 23.7 Å². The quantitative estimate of drug-likeness (QED) is 0.540. The molecule has 2 aliphatic rings. The van der Waals surface area contributed by atoms with Crippen molar-refractivity contribution < 1.29 is 42.9 Å². The summed E-state index contributed by atoms with van der Waals surface area (Å²) in [6.07, 6.45) is -1.75. The molecule has 160 valence electrons. The van der Waals surface area contributed by atoms with Crippen molar-refractivity contribution in [2.75, 3.05) is 0 Å². The minimum atomic E-state index is -0.913. The Kier molecular flexibility index (Phi) is 5.20. The molecule has 2 aromatic carbocycles. The van der Waals surface area contributed by atoms with Gasteiger partial charge >= 0.3 is 17.9 Å². The first-order chi connectivity index (χ1) is 14.7. The lowest BCUT2D eigenvalue weighted by atomic mass is 9.88. The van der Waals surface area contributed by atoms with Crippen LogP contribution in [0.3, 0.4) is 0 Å². The van der Waals surface area contributed by atoms with Crippen LogP contribution in [0.5, 0.6) is 23.0 Å². The zero-order chi connectivity index (χ0) is 22.3. The van der Waals surface area contributed by atoms with Gasteiger partial charge in [0.05, 0.1) is 12.2 Å². The lowest BCUT2D eigenvalue weighted by Crippen LogP contribution is -2.41. The first kappa shape index (κ1) is 20.5. The van der Waals surface area contributed by atoms with E-state index in [2.05, 4.69) is 0 Å². The molecule has 2 unspecified atom stereocenters. The summed E-state index contributed by atoms with van der Waals surface area (Å²) in [6.45, 7) is 3.66. The van der Waals surface area contributed by atoms with Crippen molar-refractivity contribution in [2.24, 2.45) is 0 Å². The van der Waals surface area contributed by atoms with Crippen molar-refractivity contribution in [3.63, 3.8) is 0 Å². The molecule has 0 aromatic heterocycles. The van der Waals surface area contributed by atoms with Crippen LogP contribution in [-0.2, 0) is 25.7 Å². The highest BCUT2D eigenvalue weighted by Crippen LogP contribution is 2.46. The molecule has 2 aromatic rings. The fraction of sp³-hybridized carbons (Fsp3) is 0.273. The molecule has 2 heterocycles. The normalized spacial score (nSPS) is 18.6. The molecule has 0 N–H and O–H groups in total. The van der Waals surface area contributed by atoms with Crippen LogP contribution >= 0.6 is 0 Å². The molecule has 9 heteroatoms. The Hall–Kier alpha value is -3.72. The fourth-order valence-corrected chi connectivity index (χ4v) is 3.61. The molecular formula is C22H18O9. The monoisotopic (exact) mass is 426 g/mol. The van der Waals surface area contributed by atoms with Crippen LogP contribution in [-0.4, -0.2) is 29.8 Å². The summed E-state index contributed by atoms with van der Waals surface area (Å²) in [5.74, 6) is -1.42. The molecule has 0 amide bonds. The van der Waals surface area contributed by atoms with Gasteiger partial charge in [0, 0.05) is 38.0 Å². The molecule has 0 bridgehead atoms. The predicted octanol–water partition coefficient (Wildman–Crippen LogP) is 2.68. The van der Waals surface area contributed by atoms with Crippen LogP contribution in [0.4, 0.5) is 0 Å². The number of carbonyl (C=O) groups is 4. The number of fused-ring (bicyclic) bond motifs is 4. The lowest BCUT2D eigenvalue weighted by molar-refractivity contribution is -0.134. The summed E-state index contributed by atoms with van der Waals surface area (Å²) in [4.78, 5) is 47.3. The number of Topliss-reactive ketones (excluding diaryl/α,β-unsaturated/α-hetero) is 1. The van der Waals surface area contributed by atoms with Crippen LogP contribution in [0.1, 0.15) is 48.4 Å². The van der Waals surface area contributed by atoms with E-state index in [0.717, 1.165) is 0 Å². The number of carbonyl (C=O) groups excluding carboxylic acids is 4. The second kappa shape index (κ2) is 7.84. The van der Waals surface area contributed by atoms with Crippen molar-refractivity contribution in [3.8, 4) is 23.0 Å². The predicted molar refractivity (Wildman–Crippen MR) is 103 cm³/mol. The molecule has 0 spiro atoms. The Morgan fingerprint density at radius 1 is 0.903 bits per heavy atom. The molecule has 2 aliphatic heterocycles. The third-order valence-corrected chi connectivity index (χ3v) is 4.74. The van der Waals surface area contributed by atoms with E-state index in [1.807, 2.05) is 0 Å². The molecule has 9 nitrogen and oxygen atoms in total. The SMILES string of the molecule is CC(=O)Oc1ccc2c(c1)OC1c3ccc(OC(C)=O)c(OC(C)=O)c3COC1C2=O. The molecule has 0 saturated heterocycles. The van der Waals surface area contributed by atoms with E-state index in [-0.39, 0.29) is 35.4 Å². The lowest BCUT2D eigenvalue weighted by Gasteiger charge is -2.37. The van der Waals surface area contributed by atoms with Gasteiger partial charge < -0.3 is 23.7 Å². The number of benzene rings is 2. The van der Waals surface area contributed by atoms with Gasteiger partial charge in [-0.25, -0.2) is 0 Å². The molecule has 0 radical (unpaired) electrons. The minimum absolute atomic E-state index is 0.0363. The Labute approximate surface area is 176 Å². The largest absolute Gasteiger partial charge is 0.482 e. The molecule has 0 aliphatic carbocycles. The Balaban J connectivity index is 1.77. The molecule has 0 saturated carbocycles. The van der Waals surface area contributed by atoms with Gasteiger partial charge in [0.2, 0.25) is 0 Å². The van der Waals surface area contributed by atoms with Gasteiger partial charge in [-0.1, -0.05) is 6.07 Å². The van der Waals surface area contributed by atoms with Crippen LogP contribution in [0.15, 0.2) is 30.3 Å². The van der Waals surface area contributed by atoms with E-state index in [1.54, 1.807) is 6.07 Å². The Bertz CT molecular complexity index is 1120. The van der Waals surface area contributed by atoms with E-state index < -0.39 is 30.1 Å². The summed E-state index contributed by atoms with van der Waals surface area (Å²) in [5.41, 5.74) is 1.29. The topological polar surface area (TPSA) is 114 Å². The fourth-order valence-electron chi connectivity index (χ4n) is 3.61. The van der Waals surface area contributed by atoms with Crippen molar-refractivity contribution in [3.05, 3.63) is 47.0 Å². The summed E-state index contributed by atoms with van der Waals surface area (Å²) in [5, 5.41) is 0. The second-order valence-electron chi connectivity index (χ2n) is 7.03. The van der Waals surface area contributed by atoms with Crippen LogP contribution in [0, 0.1) is 0 Å². The van der Waals surface area contributed by atoms with E-state index >= 15 is 0 Å². The average molecular weight is 426 g/mol. The van der Waals surface area contributed by atoms with Gasteiger partial charge in [-0.05, 0) is 18.2 Å². The maximum atomic E-state index is 13.0. The minimum Gasteiger partial charge on any atom is -0.482 e. The molecule has 0 fully saturated rings. The molecular weight excluding hydrogens is 408 g/mol. The van der Waals surface area contributed by atoms with Crippen molar-refractivity contribution in [1.29, 1.82) is 0 Å². The van der Waals surface area contributed by atoms with Gasteiger partial charge in [-0.15, -0.1) is 0 Å². The van der Waals surface area contributed by atoms with Crippen molar-refractivity contribution in [1.82, 2.24) is 0 Å². The number of hydrogen-bond donors (Lipinski definition) is 0. The maximum Gasteiger partial charge on any atom is 0.308 e. The zero-order valence-electron chi connectivity index (χ0n) is 16.9. The van der Waals surface area contributed by atoms with Gasteiger partial charge in [0.15, 0.2) is 29.5 Å². The van der Waals surface area contributed by atoms with Crippen LogP contribution in [0.25, 0.3) is 0 Å². The maximum absolute atomic E-state index is 13.0. The molecule has 2 atom stereocenters. The highest BCUT2D eigenvalue weighted by atomic mass is 16.6. The summed E-state index contributed by atoms with van der Waals surface area (Å²) >= 11 is 0. The summed E-state index contributed by atoms with van der Waals surface area (Å²) in [6, 6.07) is 7.58. The Morgan fingerprint density at radius 3 is 2.29 bits per heavy atom. The number of ether oxygens (including phenoxy) is 5.